The highest BCUT2D eigenvalue weighted by Gasteiger charge is 2.11. The molecule has 2 N–H and O–H groups in total. The quantitative estimate of drug-likeness (QED) is 0.853. The first kappa shape index (κ1) is 15.3. The number of carbonyl (C=O) groups is 1. The van der Waals surface area contributed by atoms with Gasteiger partial charge < -0.3 is 10.4 Å². The van der Waals surface area contributed by atoms with Gasteiger partial charge in [0.15, 0.2) is 0 Å². The van der Waals surface area contributed by atoms with Crippen LogP contribution >= 0.6 is 0 Å². The molecule has 0 aliphatic carbocycles. The van der Waals surface area contributed by atoms with Crippen molar-refractivity contribution >= 4 is 22.4 Å². The first-order valence-corrected chi connectivity index (χ1v) is 7.80. The van der Waals surface area contributed by atoms with E-state index in [1.54, 1.807) is 42.5 Å². The Bertz CT molecular complexity index is 665. The molecule has 0 aromatic heterocycles. The van der Waals surface area contributed by atoms with E-state index in [1.165, 1.54) is 6.07 Å². The second-order valence-corrected chi connectivity index (χ2v) is 6.85. The Morgan fingerprint density at radius 1 is 1.10 bits per heavy atom. The third-order valence-electron chi connectivity index (χ3n) is 2.93. The van der Waals surface area contributed by atoms with Crippen LogP contribution < -0.4 is 5.32 Å². The molecule has 0 fully saturated rings. The Morgan fingerprint density at radius 2 is 1.71 bits per heavy atom. The van der Waals surface area contributed by atoms with Gasteiger partial charge in [-0.05, 0) is 36.4 Å². The van der Waals surface area contributed by atoms with Gasteiger partial charge in [0.05, 0.1) is 16.5 Å². The summed E-state index contributed by atoms with van der Waals surface area (Å²) in [6.45, 7) is 3.77. The maximum atomic E-state index is 12.1. The third-order valence-corrected chi connectivity index (χ3v) is 4.52. The summed E-state index contributed by atoms with van der Waals surface area (Å²) >= 11 is 0. The molecule has 21 heavy (non-hydrogen) atoms. The molecule has 2 aromatic rings. The molecule has 0 aliphatic rings. The van der Waals surface area contributed by atoms with Crippen LogP contribution in [0.4, 0.5) is 5.69 Å². The second-order valence-electron chi connectivity index (χ2n) is 4.84. The average molecular weight is 303 g/mol. The molecular formula is C16H17NO3S. The number of aromatic hydroxyl groups is 1. The summed E-state index contributed by atoms with van der Waals surface area (Å²) in [6.07, 6.45) is 0. The number of phenols is 1. The molecule has 0 heterocycles. The van der Waals surface area contributed by atoms with Crippen molar-refractivity contribution in [3.63, 3.8) is 0 Å². The Morgan fingerprint density at radius 3 is 2.29 bits per heavy atom. The molecule has 2 aromatic carbocycles. The monoisotopic (exact) mass is 303 g/mol. The summed E-state index contributed by atoms with van der Waals surface area (Å²) in [5, 5.41) is 12.3. The van der Waals surface area contributed by atoms with Gasteiger partial charge in [0.25, 0.3) is 5.91 Å². The maximum absolute atomic E-state index is 12.1. The van der Waals surface area contributed by atoms with Gasteiger partial charge in [-0.3, -0.25) is 9.00 Å². The Hall–Kier alpha value is -2.14. The minimum atomic E-state index is -1.07. The van der Waals surface area contributed by atoms with Gasteiger partial charge in [0.1, 0.15) is 5.75 Å². The lowest BCUT2D eigenvalue weighted by Gasteiger charge is -2.08. The van der Waals surface area contributed by atoms with Crippen LogP contribution in [-0.2, 0) is 10.8 Å². The van der Waals surface area contributed by atoms with Crippen molar-refractivity contribution < 1.29 is 14.1 Å². The van der Waals surface area contributed by atoms with Crippen molar-refractivity contribution in [2.45, 2.75) is 24.0 Å². The number of para-hydroxylation sites is 2. The standard InChI is InChI=1S/C16H17NO3S/c1-11(2)21(20)13-9-7-12(8-10-13)16(19)17-14-5-3-4-6-15(14)18/h3-11,18H,1-2H3,(H,17,19). The number of amides is 1. The zero-order chi connectivity index (χ0) is 15.4. The van der Waals surface area contributed by atoms with Gasteiger partial charge in [-0.15, -0.1) is 0 Å². The zero-order valence-electron chi connectivity index (χ0n) is 11.9. The van der Waals surface area contributed by atoms with Gasteiger partial charge in [0.2, 0.25) is 0 Å². The predicted molar refractivity (Wildman–Crippen MR) is 84.0 cm³/mol. The molecule has 0 radical (unpaired) electrons. The molecule has 1 atom stereocenters. The van der Waals surface area contributed by atoms with Gasteiger partial charge in [-0.1, -0.05) is 26.0 Å². The normalized spacial score (nSPS) is 12.1. The van der Waals surface area contributed by atoms with Crippen molar-refractivity contribution in [3.8, 4) is 5.75 Å². The maximum Gasteiger partial charge on any atom is 0.255 e. The lowest BCUT2D eigenvalue weighted by atomic mass is 10.2. The number of phenolic OH excluding ortho intramolecular Hbond substituents is 1. The molecule has 0 bridgehead atoms. The number of benzene rings is 2. The fourth-order valence-corrected chi connectivity index (χ4v) is 2.74. The lowest BCUT2D eigenvalue weighted by molar-refractivity contribution is 0.102. The Balaban J connectivity index is 2.14. The van der Waals surface area contributed by atoms with E-state index in [0.29, 0.717) is 16.1 Å². The number of rotatable bonds is 4. The van der Waals surface area contributed by atoms with E-state index >= 15 is 0 Å². The second kappa shape index (κ2) is 6.54. The molecule has 4 nitrogen and oxygen atoms in total. The van der Waals surface area contributed by atoms with Crippen molar-refractivity contribution in [3.05, 3.63) is 54.1 Å². The predicted octanol–water partition coefficient (Wildman–Crippen LogP) is 3.16. The number of hydrogen-bond acceptors (Lipinski definition) is 3. The van der Waals surface area contributed by atoms with Crippen LogP contribution in [0.1, 0.15) is 24.2 Å². The van der Waals surface area contributed by atoms with E-state index in [1.807, 2.05) is 13.8 Å². The fourth-order valence-electron chi connectivity index (χ4n) is 1.79. The van der Waals surface area contributed by atoms with Crippen LogP contribution in [0.5, 0.6) is 5.75 Å². The molecule has 0 saturated carbocycles. The summed E-state index contributed by atoms with van der Waals surface area (Å²) < 4.78 is 11.9. The van der Waals surface area contributed by atoms with Crippen LogP contribution in [0.25, 0.3) is 0 Å². The zero-order valence-corrected chi connectivity index (χ0v) is 12.7. The summed E-state index contributed by atoms with van der Waals surface area (Å²) in [4.78, 5) is 12.8. The number of anilines is 1. The molecule has 2 rings (SSSR count). The van der Waals surface area contributed by atoms with E-state index in [4.69, 9.17) is 0 Å². The van der Waals surface area contributed by atoms with E-state index in [2.05, 4.69) is 5.32 Å². The Labute approximate surface area is 126 Å². The van der Waals surface area contributed by atoms with E-state index < -0.39 is 10.8 Å². The first-order valence-electron chi connectivity index (χ1n) is 6.59. The first-order chi connectivity index (χ1) is 9.99. The molecule has 5 heteroatoms. The van der Waals surface area contributed by atoms with Crippen LogP contribution in [0, 0.1) is 0 Å². The van der Waals surface area contributed by atoms with E-state index in [-0.39, 0.29) is 16.9 Å². The summed E-state index contributed by atoms with van der Waals surface area (Å²) in [5.41, 5.74) is 0.806. The lowest BCUT2D eigenvalue weighted by Crippen LogP contribution is -2.12. The number of hydrogen-bond donors (Lipinski definition) is 2. The van der Waals surface area contributed by atoms with Crippen LogP contribution in [0.2, 0.25) is 0 Å². The van der Waals surface area contributed by atoms with E-state index in [0.717, 1.165) is 0 Å². The highest BCUT2D eigenvalue weighted by molar-refractivity contribution is 7.85. The van der Waals surface area contributed by atoms with E-state index in [9.17, 15) is 14.1 Å². The minimum Gasteiger partial charge on any atom is -0.506 e. The largest absolute Gasteiger partial charge is 0.506 e. The van der Waals surface area contributed by atoms with Gasteiger partial charge >= 0.3 is 0 Å². The number of nitrogens with one attached hydrogen (secondary N) is 1. The SMILES string of the molecule is CC(C)S(=O)c1ccc(C(=O)Nc2ccccc2O)cc1. The fraction of sp³-hybridized carbons (Fsp3) is 0.188. The molecule has 110 valence electrons. The van der Waals surface area contributed by atoms with Gasteiger partial charge in [-0.2, -0.15) is 0 Å². The number of carbonyl (C=O) groups excluding carboxylic acids is 1. The highest BCUT2D eigenvalue weighted by Crippen LogP contribution is 2.22. The van der Waals surface area contributed by atoms with Crippen molar-refractivity contribution in [2.75, 3.05) is 5.32 Å². The van der Waals surface area contributed by atoms with Crippen LogP contribution in [0.15, 0.2) is 53.4 Å². The van der Waals surface area contributed by atoms with Crippen LogP contribution in [-0.4, -0.2) is 20.5 Å². The van der Waals surface area contributed by atoms with Gasteiger partial charge in [-0.25, -0.2) is 0 Å². The van der Waals surface area contributed by atoms with Crippen molar-refractivity contribution in [1.82, 2.24) is 0 Å². The minimum absolute atomic E-state index is 0.0170. The summed E-state index contributed by atoms with van der Waals surface area (Å²) in [7, 11) is -1.07. The molecule has 0 spiro atoms. The van der Waals surface area contributed by atoms with Crippen molar-refractivity contribution in [2.24, 2.45) is 0 Å². The third kappa shape index (κ3) is 3.70. The molecule has 0 saturated heterocycles. The molecule has 1 unspecified atom stereocenters. The summed E-state index contributed by atoms with van der Waals surface area (Å²) in [5.74, 6) is -0.304. The molecule has 0 aliphatic heterocycles. The molecular weight excluding hydrogens is 286 g/mol. The van der Waals surface area contributed by atoms with Gasteiger partial charge in [0, 0.05) is 15.7 Å². The topological polar surface area (TPSA) is 66.4 Å². The molecule has 1 amide bonds. The Kier molecular flexibility index (Phi) is 4.75. The van der Waals surface area contributed by atoms with Crippen molar-refractivity contribution in [1.29, 1.82) is 0 Å². The smallest absolute Gasteiger partial charge is 0.255 e. The summed E-state index contributed by atoms with van der Waals surface area (Å²) in [6, 6.07) is 13.2. The highest BCUT2D eigenvalue weighted by atomic mass is 32.2. The average Bonchev–Trinajstić information content (AvgIpc) is 2.49. The van der Waals surface area contributed by atoms with Crippen LogP contribution in [0.3, 0.4) is 0 Å².